The molecule has 0 heterocycles. The molecule has 0 aromatic heterocycles. The largest absolute Gasteiger partial charge is 0.494 e. The van der Waals surface area contributed by atoms with Crippen molar-refractivity contribution in [3.05, 3.63) is 64.7 Å². The summed E-state index contributed by atoms with van der Waals surface area (Å²) in [6.07, 6.45) is 0.368. The van der Waals surface area contributed by atoms with Gasteiger partial charge in [-0.3, -0.25) is 4.79 Å². The van der Waals surface area contributed by atoms with Crippen LogP contribution in [0.4, 0.5) is 0 Å². The van der Waals surface area contributed by atoms with Crippen LogP contribution < -0.4 is 4.74 Å². The van der Waals surface area contributed by atoms with Crippen LogP contribution in [0.25, 0.3) is 0 Å². The number of benzene rings is 2. The Morgan fingerprint density at radius 3 is 2.58 bits per heavy atom. The zero-order valence-electron chi connectivity index (χ0n) is 10.7. The molecular formula is C16H15ClO2. The lowest BCUT2D eigenvalue weighted by atomic mass is 10.0. The Balaban J connectivity index is 2.11. The summed E-state index contributed by atoms with van der Waals surface area (Å²) in [4.78, 5) is 12.2. The minimum atomic E-state index is 0.0730. The number of hydrogen-bond acceptors (Lipinski definition) is 2. The molecule has 0 amide bonds. The molecule has 2 nitrogen and oxygen atoms in total. The van der Waals surface area contributed by atoms with Crippen molar-refractivity contribution in [3.8, 4) is 5.75 Å². The number of hydrogen-bond donors (Lipinski definition) is 0. The molecular weight excluding hydrogens is 260 g/mol. The number of Topliss-reactive ketones (excluding diaryl/α,β-unsaturated/α-hetero) is 1. The monoisotopic (exact) mass is 274 g/mol. The maximum Gasteiger partial charge on any atom is 0.167 e. The number of carbonyl (C=O) groups is 1. The third-order valence-electron chi connectivity index (χ3n) is 2.74. The van der Waals surface area contributed by atoms with Gasteiger partial charge in [0.15, 0.2) is 5.78 Å². The van der Waals surface area contributed by atoms with Crippen molar-refractivity contribution in [2.45, 2.75) is 13.3 Å². The van der Waals surface area contributed by atoms with E-state index in [4.69, 9.17) is 16.3 Å². The van der Waals surface area contributed by atoms with E-state index in [0.29, 0.717) is 23.6 Å². The quantitative estimate of drug-likeness (QED) is 0.765. The first-order valence-corrected chi connectivity index (χ1v) is 6.57. The second-order valence-electron chi connectivity index (χ2n) is 4.19. The average Bonchev–Trinajstić information content (AvgIpc) is 2.42. The van der Waals surface area contributed by atoms with Gasteiger partial charge in [-0.15, -0.1) is 0 Å². The molecule has 2 aromatic rings. The Labute approximate surface area is 118 Å². The third-order valence-corrected chi connectivity index (χ3v) is 3.00. The first-order valence-electron chi connectivity index (χ1n) is 6.19. The van der Waals surface area contributed by atoms with Crippen LogP contribution in [0.2, 0.25) is 5.02 Å². The minimum absolute atomic E-state index is 0.0730. The van der Waals surface area contributed by atoms with Crippen molar-refractivity contribution >= 4 is 17.4 Å². The molecule has 0 aliphatic carbocycles. The number of ether oxygens (including phenoxy) is 1. The molecule has 0 fully saturated rings. The van der Waals surface area contributed by atoms with E-state index in [2.05, 4.69) is 0 Å². The van der Waals surface area contributed by atoms with Gasteiger partial charge >= 0.3 is 0 Å². The van der Waals surface area contributed by atoms with Crippen LogP contribution in [0.15, 0.2) is 48.5 Å². The summed E-state index contributed by atoms with van der Waals surface area (Å²) < 4.78 is 5.39. The summed E-state index contributed by atoms with van der Waals surface area (Å²) in [6, 6.07) is 14.6. The molecule has 0 aliphatic rings. The molecule has 0 atom stereocenters. The lowest BCUT2D eigenvalue weighted by Gasteiger charge is -2.06. The van der Waals surface area contributed by atoms with Gasteiger partial charge in [0.05, 0.1) is 6.61 Å². The van der Waals surface area contributed by atoms with Gasteiger partial charge in [0.25, 0.3) is 0 Å². The highest BCUT2D eigenvalue weighted by Crippen LogP contribution is 2.16. The number of halogens is 1. The SMILES string of the molecule is CCOc1cccc(C(=O)Cc2ccc(Cl)cc2)c1. The normalized spacial score (nSPS) is 10.2. The van der Waals surface area contributed by atoms with Gasteiger partial charge in [-0.05, 0) is 36.8 Å². The summed E-state index contributed by atoms with van der Waals surface area (Å²) in [6.45, 7) is 2.51. The Hall–Kier alpha value is -1.80. The van der Waals surface area contributed by atoms with Crippen LogP contribution in [0, 0.1) is 0 Å². The molecule has 2 rings (SSSR count). The number of rotatable bonds is 5. The Bertz CT molecular complexity index is 561. The summed E-state index contributed by atoms with van der Waals surface area (Å²) in [5.74, 6) is 0.799. The summed E-state index contributed by atoms with van der Waals surface area (Å²) >= 11 is 5.82. The Morgan fingerprint density at radius 1 is 1.16 bits per heavy atom. The van der Waals surface area contributed by atoms with Gasteiger partial charge in [-0.1, -0.05) is 35.9 Å². The first kappa shape index (κ1) is 13.6. The highest BCUT2D eigenvalue weighted by atomic mass is 35.5. The second kappa shape index (κ2) is 6.39. The van der Waals surface area contributed by atoms with E-state index in [1.54, 1.807) is 24.3 Å². The fourth-order valence-corrected chi connectivity index (χ4v) is 1.94. The van der Waals surface area contributed by atoms with Crippen molar-refractivity contribution in [3.63, 3.8) is 0 Å². The highest BCUT2D eigenvalue weighted by Gasteiger charge is 2.08. The molecule has 3 heteroatoms. The van der Waals surface area contributed by atoms with Crippen LogP contribution >= 0.6 is 11.6 Å². The maximum absolute atomic E-state index is 12.2. The standard InChI is InChI=1S/C16H15ClO2/c1-2-19-15-5-3-4-13(11-15)16(18)10-12-6-8-14(17)9-7-12/h3-9,11H,2,10H2,1H3. The van der Waals surface area contributed by atoms with Crippen molar-refractivity contribution in [1.82, 2.24) is 0 Å². The van der Waals surface area contributed by atoms with Crippen molar-refractivity contribution in [1.29, 1.82) is 0 Å². The number of carbonyl (C=O) groups excluding carboxylic acids is 1. The van der Waals surface area contributed by atoms with Gasteiger partial charge in [-0.25, -0.2) is 0 Å². The number of ketones is 1. The highest BCUT2D eigenvalue weighted by molar-refractivity contribution is 6.30. The van der Waals surface area contributed by atoms with Gasteiger partial charge in [-0.2, -0.15) is 0 Å². The van der Waals surface area contributed by atoms with Gasteiger partial charge in [0.1, 0.15) is 5.75 Å². The van der Waals surface area contributed by atoms with Crippen molar-refractivity contribution in [2.24, 2.45) is 0 Å². The molecule has 0 radical (unpaired) electrons. The molecule has 98 valence electrons. The molecule has 0 aliphatic heterocycles. The predicted molar refractivity (Wildman–Crippen MR) is 77.1 cm³/mol. The molecule has 0 N–H and O–H groups in total. The zero-order valence-corrected chi connectivity index (χ0v) is 11.5. The van der Waals surface area contributed by atoms with E-state index in [0.717, 1.165) is 11.3 Å². The average molecular weight is 275 g/mol. The van der Waals surface area contributed by atoms with E-state index >= 15 is 0 Å². The first-order chi connectivity index (χ1) is 9.19. The Kier molecular flexibility index (Phi) is 4.58. The maximum atomic E-state index is 12.2. The molecule has 0 spiro atoms. The van der Waals surface area contributed by atoms with E-state index in [1.165, 1.54) is 0 Å². The fraction of sp³-hybridized carbons (Fsp3) is 0.188. The van der Waals surface area contributed by atoms with Crippen molar-refractivity contribution < 1.29 is 9.53 Å². The van der Waals surface area contributed by atoms with Gasteiger partial charge in [0.2, 0.25) is 0 Å². The van der Waals surface area contributed by atoms with Crippen LogP contribution in [-0.4, -0.2) is 12.4 Å². The molecule has 2 aromatic carbocycles. The van der Waals surface area contributed by atoms with Gasteiger partial charge in [0, 0.05) is 17.0 Å². The van der Waals surface area contributed by atoms with E-state index in [9.17, 15) is 4.79 Å². The fourth-order valence-electron chi connectivity index (χ4n) is 1.82. The van der Waals surface area contributed by atoms with Gasteiger partial charge < -0.3 is 4.74 Å². The molecule has 0 saturated carbocycles. The summed E-state index contributed by atoms with van der Waals surface area (Å²) in [5, 5.41) is 0.676. The molecule has 0 bridgehead atoms. The zero-order chi connectivity index (χ0) is 13.7. The van der Waals surface area contributed by atoms with E-state index < -0.39 is 0 Å². The van der Waals surface area contributed by atoms with Crippen LogP contribution in [0.3, 0.4) is 0 Å². The third kappa shape index (κ3) is 3.83. The minimum Gasteiger partial charge on any atom is -0.494 e. The summed E-state index contributed by atoms with van der Waals surface area (Å²) in [7, 11) is 0. The van der Waals surface area contributed by atoms with E-state index in [-0.39, 0.29) is 5.78 Å². The lowest BCUT2D eigenvalue weighted by molar-refractivity contribution is 0.0992. The van der Waals surface area contributed by atoms with Crippen molar-refractivity contribution in [2.75, 3.05) is 6.61 Å². The second-order valence-corrected chi connectivity index (χ2v) is 4.62. The topological polar surface area (TPSA) is 26.3 Å². The predicted octanol–water partition coefficient (Wildman–Crippen LogP) is 4.16. The van der Waals surface area contributed by atoms with E-state index in [1.807, 2.05) is 31.2 Å². The lowest BCUT2D eigenvalue weighted by Crippen LogP contribution is -2.04. The van der Waals surface area contributed by atoms with Crippen LogP contribution in [-0.2, 0) is 6.42 Å². The molecule has 0 unspecified atom stereocenters. The Morgan fingerprint density at radius 2 is 1.89 bits per heavy atom. The molecule has 19 heavy (non-hydrogen) atoms. The van der Waals surface area contributed by atoms with Crippen LogP contribution in [0.5, 0.6) is 5.75 Å². The van der Waals surface area contributed by atoms with Crippen LogP contribution in [0.1, 0.15) is 22.8 Å². The smallest absolute Gasteiger partial charge is 0.167 e. The molecule has 0 saturated heterocycles. The summed E-state index contributed by atoms with van der Waals surface area (Å²) in [5.41, 5.74) is 1.62.